The number of rotatable bonds is 4. The van der Waals surface area contributed by atoms with Crippen molar-refractivity contribution in [1.29, 1.82) is 0 Å². The molecular weight excluding hydrogens is 310 g/mol. The number of fused-ring (bicyclic) bond motifs is 1. The van der Waals surface area contributed by atoms with Gasteiger partial charge in [-0.25, -0.2) is 9.50 Å². The van der Waals surface area contributed by atoms with E-state index < -0.39 is 0 Å². The maximum Gasteiger partial charge on any atom is 0.253 e. The summed E-state index contributed by atoms with van der Waals surface area (Å²) in [6.45, 7) is 3.92. The van der Waals surface area contributed by atoms with Crippen molar-refractivity contribution in [3.8, 4) is 0 Å². The zero-order chi connectivity index (χ0) is 16.4. The first-order chi connectivity index (χ1) is 11.1. The summed E-state index contributed by atoms with van der Waals surface area (Å²) in [7, 11) is 1.63. The summed E-state index contributed by atoms with van der Waals surface area (Å²) in [4.78, 5) is 20.7. The summed E-state index contributed by atoms with van der Waals surface area (Å²) < 4.78 is 1.74. The summed E-state index contributed by atoms with van der Waals surface area (Å²) in [5, 5.41) is 7.78. The van der Waals surface area contributed by atoms with E-state index in [1.54, 1.807) is 11.6 Å². The van der Waals surface area contributed by atoms with Crippen LogP contribution in [0.4, 0.5) is 0 Å². The molecule has 0 radical (unpaired) electrons. The molecule has 0 saturated heterocycles. The number of aryl methyl sites for hydroxylation is 2. The highest BCUT2D eigenvalue weighted by Gasteiger charge is 2.12. The third kappa shape index (κ3) is 3.19. The normalized spacial score (nSPS) is 10.9. The molecule has 3 rings (SSSR count). The van der Waals surface area contributed by atoms with Gasteiger partial charge in [-0.05, 0) is 31.5 Å². The van der Waals surface area contributed by atoms with Crippen molar-refractivity contribution in [1.82, 2.24) is 24.9 Å². The van der Waals surface area contributed by atoms with Crippen LogP contribution in [0.3, 0.4) is 0 Å². The average molecular weight is 327 g/mol. The van der Waals surface area contributed by atoms with Gasteiger partial charge in [0, 0.05) is 29.8 Å². The monoisotopic (exact) mass is 327 g/mol. The molecule has 0 aliphatic carbocycles. The highest BCUT2D eigenvalue weighted by atomic mass is 32.2. The number of nitrogens with zero attached hydrogens (tertiary/aromatic N) is 4. The summed E-state index contributed by atoms with van der Waals surface area (Å²) in [6.07, 6.45) is 0. The zero-order valence-corrected chi connectivity index (χ0v) is 14.0. The minimum atomic E-state index is -0.0858. The molecule has 0 aliphatic rings. The van der Waals surface area contributed by atoms with Crippen LogP contribution in [0, 0.1) is 13.8 Å². The van der Waals surface area contributed by atoms with Crippen LogP contribution in [0.2, 0.25) is 0 Å². The second-order valence-corrected chi connectivity index (χ2v) is 6.11. The van der Waals surface area contributed by atoms with Gasteiger partial charge in [0.05, 0.1) is 0 Å². The molecule has 0 fully saturated rings. The van der Waals surface area contributed by atoms with Gasteiger partial charge in [-0.1, -0.05) is 30.0 Å². The SMILES string of the molecule is CNC(=O)c1ccccc1CSc1nc2nc(C)cc(C)n2n1. The molecular formula is C16H17N5OS. The molecule has 2 aromatic heterocycles. The molecule has 0 spiro atoms. The first-order valence-corrected chi connectivity index (χ1v) is 8.21. The fraction of sp³-hybridized carbons (Fsp3) is 0.250. The number of carbonyl (C=O) groups is 1. The fourth-order valence-electron chi connectivity index (χ4n) is 2.35. The Kier molecular flexibility index (Phi) is 4.29. The van der Waals surface area contributed by atoms with E-state index in [1.807, 2.05) is 44.2 Å². The number of thioether (sulfide) groups is 1. The van der Waals surface area contributed by atoms with Crippen molar-refractivity contribution < 1.29 is 4.79 Å². The maximum atomic E-state index is 11.9. The lowest BCUT2D eigenvalue weighted by Crippen LogP contribution is -2.19. The predicted molar refractivity (Wildman–Crippen MR) is 89.6 cm³/mol. The first kappa shape index (κ1) is 15.5. The minimum Gasteiger partial charge on any atom is -0.355 e. The van der Waals surface area contributed by atoms with Gasteiger partial charge in [-0.3, -0.25) is 4.79 Å². The molecule has 2 heterocycles. The van der Waals surface area contributed by atoms with Crippen molar-refractivity contribution in [3.63, 3.8) is 0 Å². The van der Waals surface area contributed by atoms with Crippen molar-refractivity contribution in [2.75, 3.05) is 7.05 Å². The van der Waals surface area contributed by atoms with Crippen molar-refractivity contribution in [2.45, 2.75) is 24.8 Å². The molecule has 118 valence electrons. The zero-order valence-electron chi connectivity index (χ0n) is 13.2. The molecule has 0 bridgehead atoms. The molecule has 0 aliphatic heterocycles. The smallest absolute Gasteiger partial charge is 0.253 e. The van der Waals surface area contributed by atoms with Crippen molar-refractivity contribution in [3.05, 3.63) is 52.8 Å². The van der Waals surface area contributed by atoms with Gasteiger partial charge < -0.3 is 5.32 Å². The Morgan fingerprint density at radius 2 is 2.04 bits per heavy atom. The number of nitrogens with one attached hydrogen (secondary N) is 1. The van der Waals surface area contributed by atoms with Crippen molar-refractivity contribution in [2.24, 2.45) is 0 Å². The third-order valence-corrected chi connectivity index (χ3v) is 4.33. The maximum absolute atomic E-state index is 11.9. The van der Waals surface area contributed by atoms with Gasteiger partial charge in [0.1, 0.15) is 0 Å². The lowest BCUT2D eigenvalue weighted by molar-refractivity contribution is 0.0962. The summed E-state index contributed by atoms with van der Waals surface area (Å²) in [5.74, 6) is 1.14. The molecule has 0 atom stereocenters. The quantitative estimate of drug-likeness (QED) is 0.745. The van der Waals surface area contributed by atoms with Crippen LogP contribution in [0.5, 0.6) is 0 Å². The van der Waals surface area contributed by atoms with Gasteiger partial charge in [-0.15, -0.1) is 5.10 Å². The first-order valence-electron chi connectivity index (χ1n) is 7.22. The predicted octanol–water partition coefficient (Wildman–Crippen LogP) is 2.39. The van der Waals surface area contributed by atoms with E-state index in [9.17, 15) is 4.79 Å². The lowest BCUT2D eigenvalue weighted by atomic mass is 10.1. The summed E-state index contributed by atoms with van der Waals surface area (Å²) in [6, 6.07) is 9.52. The number of amides is 1. The summed E-state index contributed by atoms with van der Waals surface area (Å²) >= 11 is 1.49. The van der Waals surface area contributed by atoms with Crippen LogP contribution in [0.15, 0.2) is 35.5 Å². The van der Waals surface area contributed by atoms with Gasteiger partial charge >= 0.3 is 0 Å². The Balaban J connectivity index is 1.84. The van der Waals surface area contributed by atoms with E-state index in [0.717, 1.165) is 17.0 Å². The third-order valence-electron chi connectivity index (χ3n) is 3.44. The average Bonchev–Trinajstić information content (AvgIpc) is 2.95. The van der Waals surface area contributed by atoms with E-state index in [0.29, 0.717) is 22.3 Å². The number of aromatic nitrogens is 4. The van der Waals surface area contributed by atoms with Gasteiger partial charge in [0.25, 0.3) is 11.7 Å². The van der Waals surface area contributed by atoms with Crippen LogP contribution in [-0.4, -0.2) is 32.5 Å². The van der Waals surface area contributed by atoms with Crippen LogP contribution in [-0.2, 0) is 5.75 Å². The Morgan fingerprint density at radius 1 is 1.26 bits per heavy atom. The topological polar surface area (TPSA) is 72.2 Å². The Morgan fingerprint density at radius 3 is 2.83 bits per heavy atom. The fourth-order valence-corrected chi connectivity index (χ4v) is 3.18. The Hall–Kier alpha value is -2.41. The summed E-state index contributed by atoms with van der Waals surface area (Å²) in [5.41, 5.74) is 3.55. The van der Waals surface area contributed by atoms with Crippen LogP contribution < -0.4 is 5.32 Å². The van der Waals surface area contributed by atoms with Gasteiger partial charge in [-0.2, -0.15) is 4.98 Å². The Bertz CT molecular complexity index is 874. The number of benzene rings is 1. The second kappa shape index (κ2) is 6.37. The molecule has 1 N–H and O–H groups in total. The minimum absolute atomic E-state index is 0.0858. The number of hydrogen-bond acceptors (Lipinski definition) is 5. The number of carbonyl (C=O) groups excluding carboxylic acids is 1. The standard InChI is InChI=1S/C16H17N5OS/c1-10-8-11(2)21-15(18-10)19-16(20-21)23-9-12-6-4-5-7-13(12)14(22)17-3/h4-8H,9H2,1-3H3,(H,17,22). The molecule has 0 unspecified atom stereocenters. The molecule has 1 aromatic carbocycles. The van der Waals surface area contributed by atoms with E-state index >= 15 is 0 Å². The van der Waals surface area contributed by atoms with E-state index in [2.05, 4.69) is 20.4 Å². The van der Waals surface area contributed by atoms with E-state index in [-0.39, 0.29) is 5.91 Å². The lowest BCUT2D eigenvalue weighted by Gasteiger charge is -2.06. The largest absolute Gasteiger partial charge is 0.355 e. The van der Waals surface area contributed by atoms with Crippen LogP contribution >= 0.6 is 11.8 Å². The van der Waals surface area contributed by atoms with Gasteiger partial charge in [0.2, 0.25) is 5.16 Å². The van der Waals surface area contributed by atoms with Crippen LogP contribution in [0.1, 0.15) is 27.3 Å². The van der Waals surface area contributed by atoms with E-state index in [1.165, 1.54) is 11.8 Å². The van der Waals surface area contributed by atoms with Crippen molar-refractivity contribution >= 4 is 23.4 Å². The highest BCUT2D eigenvalue weighted by Crippen LogP contribution is 2.22. The molecule has 6 nitrogen and oxygen atoms in total. The second-order valence-electron chi connectivity index (χ2n) is 5.17. The Labute approximate surface area is 138 Å². The molecule has 0 saturated carbocycles. The number of hydrogen-bond donors (Lipinski definition) is 1. The molecule has 23 heavy (non-hydrogen) atoms. The molecule has 7 heteroatoms. The van der Waals surface area contributed by atoms with Crippen LogP contribution in [0.25, 0.3) is 5.78 Å². The molecule has 3 aromatic rings. The van der Waals surface area contributed by atoms with E-state index in [4.69, 9.17) is 0 Å². The highest BCUT2D eigenvalue weighted by molar-refractivity contribution is 7.98. The van der Waals surface area contributed by atoms with Gasteiger partial charge in [0.15, 0.2) is 0 Å². The molecule has 1 amide bonds.